The summed E-state index contributed by atoms with van der Waals surface area (Å²) in [5.41, 5.74) is 4.17. The van der Waals surface area contributed by atoms with E-state index < -0.39 is 0 Å². The largest absolute Gasteiger partial charge is 0.376 e. The maximum atomic E-state index is 12.4. The quantitative estimate of drug-likeness (QED) is 0.923. The molecule has 1 saturated heterocycles. The number of carbonyl (C=O) groups excluding carboxylic acids is 1. The lowest BCUT2D eigenvalue weighted by Gasteiger charge is -2.36. The van der Waals surface area contributed by atoms with Gasteiger partial charge >= 0.3 is 0 Å². The Morgan fingerprint density at radius 3 is 2.83 bits per heavy atom. The number of carbonyl (C=O) groups is 1. The first-order chi connectivity index (χ1) is 11.5. The van der Waals surface area contributed by atoms with Crippen molar-refractivity contribution in [3.05, 3.63) is 34.9 Å². The lowest BCUT2D eigenvalue weighted by molar-refractivity contribution is -0.126. The van der Waals surface area contributed by atoms with Crippen LogP contribution in [0.25, 0.3) is 0 Å². The van der Waals surface area contributed by atoms with Crippen molar-refractivity contribution < 1.29 is 9.53 Å². The number of morpholine rings is 1. The molecule has 24 heavy (non-hydrogen) atoms. The third kappa shape index (κ3) is 4.17. The normalized spacial score (nSPS) is 25.8. The van der Waals surface area contributed by atoms with Gasteiger partial charge in [0.2, 0.25) is 5.91 Å². The van der Waals surface area contributed by atoms with Crippen molar-refractivity contribution in [2.75, 3.05) is 19.7 Å². The molecule has 0 saturated carbocycles. The molecule has 0 radical (unpaired) electrons. The number of nitrogens with one attached hydrogen (secondary N) is 1. The number of fused-ring (bicyclic) bond motifs is 1. The van der Waals surface area contributed by atoms with Gasteiger partial charge in [-0.05, 0) is 63.1 Å². The Balaban J connectivity index is 1.57. The molecule has 0 bridgehead atoms. The highest BCUT2D eigenvalue weighted by atomic mass is 16.5. The van der Waals surface area contributed by atoms with Crippen molar-refractivity contribution in [3.8, 4) is 0 Å². The second-order valence-corrected chi connectivity index (χ2v) is 7.45. The second-order valence-electron chi connectivity index (χ2n) is 7.45. The van der Waals surface area contributed by atoms with Crippen LogP contribution in [0.2, 0.25) is 0 Å². The molecule has 4 heteroatoms. The van der Waals surface area contributed by atoms with Crippen molar-refractivity contribution >= 4 is 5.91 Å². The van der Waals surface area contributed by atoms with E-state index in [1.165, 1.54) is 42.4 Å². The molecule has 1 N–H and O–H groups in total. The monoisotopic (exact) mass is 330 g/mol. The van der Waals surface area contributed by atoms with E-state index in [1.807, 2.05) is 0 Å². The topological polar surface area (TPSA) is 41.6 Å². The molecule has 1 aromatic carbocycles. The Morgan fingerprint density at radius 1 is 1.29 bits per heavy atom. The van der Waals surface area contributed by atoms with Crippen LogP contribution in [0.5, 0.6) is 0 Å². The van der Waals surface area contributed by atoms with Crippen LogP contribution in [-0.4, -0.2) is 42.6 Å². The zero-order valence-electron chi connectivity index (χ0n) is 15.2. The summed E-state index contributed by atoms with van der Waals surface area (Å²) in [7, 11) is 0. The third-order valence-corrected chi connectivity index (χ3v) is 5.33. The Hall–Kier alpha value is -1.39. The smallest absolute Gasteiger partial charge is 0.234 e. The van der Waals surface area contributed by atoms with E-state index in [-0.39, 0.29) is 18.1 Å². The highest BCUT2D eigenvalue weighted by molar-refractivity contribution is 5.78. The molecule has 0 spiro atoms. The van der Waals surface area contributed by atoms with Crippen molar-refractivity contribution in [2.45, 2.75) is 64.6 Å². The summed E-state index contributed by atoms with van der Waals surface area (Å²) in [5, 5.41) is 3.16. The van der Waals surface area contributed by atoms with Gasteiger partial charge in [-0.3, -0.25) is 9.69 Å². The Kier molecular flexibility index (Phi) is 5.57. The van der Waals surface area contributed by atoms with Gasteiger partial charge in [-0.2, -0.15) is 0 Å². The van der Waals surface area contributed by atoms with Gasteiger partial charge < -0.3 is 10.1 Å². The van der Waals surface area contributed by atoms with E-state index in [4.69, 9.17) is 4.74 Å². The molecule has 2 aliphatic rings. The molecule has 1 aliphatic carbocycles. The fourth-order valence-corrected chi connectivity index (χ4v) is 3.77. The average molecular weight is 330 g/mol. The van der Waals surface area contributed by atoms with Gasteiger partial charge in [0.25, 0.3) is 0 Å². The first kappa shape index (κ1) is 17.4. The third-order valence-electron chi connectivity index (χ3n) is 5.33. The Morgan fingerprint density at radius 2 is 2.04 bits per heavy atom. The molecule has 3 rings (SSSR count). The first-order valence-electron chi connectivity index (χ1n) is 9.29. The fraction of sp³-hybridized carbons (Fsp3) is 0.650. The molecule has 1 heterocycles. The van der Waals surface area contributed by atoms with Crippen LogP contribution in [0.4, 0.5) is 0 Å². The molecule has 132 valence electrons. The predicted octanol–water partition coefficient (Wildman–Crippen LogP) is 2.85. The minimum Gasteiger partial charge on any atom is -0.376 e. The van der Waals surface area contributed by atoms with Gasteiger partial charge in [-0.25, -0.2) is 0 Å². The second kappa shape index (κ2) is 7.66. The van der Waals surface area contributed by atoms with Gasteiger partial charge in [-0.1, -0.05) is 18.2 Å². The maximum absolute atomic E-state index is 12.4. The highest BCUT2D eigenvalue weighted by Crippen LogP contribution is 2.24. The molecule has 1 aliphatic heterocycles. The summed E-state index contributed by atoms with van der Waals surface area (Å²) in [4.78, 5) is 14.7. The lowest BCUT2D eigenvalue weighted by atomic mass is 9.89. The minimum atomic E-state index is 0.0542. The zero-order chi connectivity index (χ0) is 17.1. The highest BCUT2D eigenvalue weighted by Gasteiger charge is 2.25. The molecule has 1 fully saturated rings. The van der Waals surface area contributed by atoms with Crippen molar-refractivity contribution in [2.24, 2.45) is 0 Å². The summed E-state index contributed by atoms with van der Waals surface area (Å²) >= 11 is 0. The van der Waals surface area contributed by atoms with Gasteiger partial charge in [-0.15, -0.1) is 0 Å². The average Bonchev–Trinajstić information content (AvgIpc) is 2.57. The number of hydrogen-bond donors (Lipinski definition) is 1. The molecule has 3 unspecified atom stereocenters. The number of amides is 1. The Labute approximate surface area is 145 Å². The van der Waals surface area contributed by atoms with Crippen LogP contribution >= 0.6 is 0 Å². The SMILES string of the molecule is CC1CN(CC(=O)NC(C)c2ccc3c(c2)CCCC3)C(C)CO1. The number of nitrogens with zero attached hydrogens (tertiary/aromatic N) is 1. The van der Waals surface area contributed by atoms with Crippen LogP contribution < -0.4 is 5.32 Å². The number of benzene rings is 1. The van der Waals surface area contributed by atoms with E-state index in [1.54, 1.807) is 0 Å². The summed E-state index contributed by atoms with van der Waals surface area (Å²) in [5.74, 6) is 0.0983. The number of hydrogen-bond acceptors (Lipinski definition) is 3. The van der Waals surface area contributed by atoms with E-state index >= 15 is 0 Å². The number of aryl methyl sites for hydroxylation is 2. The van der Waals surface area contributed by atoms with E-state index in [0.717, 1.165) is 6.54 Å². The number of rotatable bonds is 4. The van der Waals surface area contributed by atoms with Crippen LogP contribution in [-0.2, 0) is 22.4 Å². The van der Waals surface area contributed by atoms with Crippen LogP contribution in [0, 0.1) is 0 Å². The molecular weight excluding hydrogens is 300 g/mol. The van der Waals surface area contributed by atoms with E-state index in [9.17, 15) is 4.79 Å². The van der Waals surface area contributed by atoms with Crippen molar-refractivity contribution in [1.29, 1.82) is 0 Å². The number of ether oxygens (including phenoxy) is 1. The summed E-state index contributed by atoms with van der Waals surface area (Å²) in [6, 6.07) is 7.07. The molecule has 4 nitrogen and oxygen atoms in total. The standard InChI is InChI=1S/C20H30N2O2/c1-14-13-24-15(2)11-22(14)12-20(23)21-16(3)18-9-8-17-6-4-5-7-19(17)10-18/h8-10,14-16H,4-7,11-13H2,1-3H3,(H,21,23). The van der Waals surface area contributed by atoms with Gasteiger partial charge in [0.05, 0.1) is 25.3 Å². The molecule has 0 aromatic heterocycles. The maximum Gasteiger partial charge on any atom is 0.234 e. The van der Waals surface area contributed by atoms with Crippen LogP contribution in [0.3, 0.4) is 0 Å². The van der Waals surface area contributed by atoms with Crippen molar-refractivity contribution in [1.82, 2.24) is 10.2 Å². The molecular formula is C20H30N2O2. The van der Waals surface area contributed by atoms with E-state index in [0.29, 0.717) is 19.2 Å². The van der Waals surface area contributed by atoms with Gasteiger partial charge in [0, 0.05) is 12.6 Å². The summed E-state index contributed by atoms with van der Waals surface area (Å²) in [6.07, 6.45) is 5.15. The Bertz CT molecular complexity index is 587. The molecule has 1 amide bonds. The fourth-order valence-electron chi connectivity index (χ4n) is 3.77. The summed E-state index contributed by atoms with van der Waals surface area (Å²) < 4.78 is 5.63. The van der Waals surface area contributed by atoms with E-state index in [2.05, 4.69) is 49.2 Å². The molecule has 3 atom stereocenters. The van der Waals surface area contributed by atoms with Crippen LogP contribution in [0.15, 0.2) is 18.2 Å². The first-order valence-corrected chi connectivity index (χ1v) is 9.29. The molecule has 1 aromatic rings. The minimum absolute atomic E-state index is 0.0542. The lowest BCUT2D eigenvalue weighted by Crippen LogP contribution is -2.51. The predicted molar refractivity (Wildman–Crippen MR) is 96.1 cm³/mol. The van der Waals surface area contributed by atoms with Crippen LogP contribution in [0.1, 0.15) is 56.3 Å². The van der Waals surface area contributed by atoms with Gasteiger partial charge in [0.1, 0.15) is 0 Å². The van der Waals surface area contributed by atoms with Crippen molar-refractivity contribution in [3.63, 3.8) is 0 Å². The summed E-state index contributed by atoms with van der Waals surface area (Å²) in [6.45, 7) is 8.23. The zero-order valence-corrected chi connectivity index (χ0v) is 15.2. The van der Waals surface area contributed by atoms with Gasteiger partial charge in [0.15, 0.2) is 0 Å².